The van der Waals surface area contributed by atoms with E-state index < -0.39 is 0 Å². The van der Waals surface area contributed by atoms with Crippen molar-refractivity contribution >= 4 is 17.0 Å². The second-order valence-electron chi connectivity index (χ2n) is 3.59. The van der Waals surface area contributed by atoms with Crippen LogP contribution in [0.25, 0.3) is 0 Å². The van der Waals surface area contributed by atoms with Gasteiger partial charge in [-0.05, 0) is 30.5 Å². The summed E-state index contributed by atoms with van der Waals surface area (Å²) in [6, 6.07) is 6.57. The molecule has 1 aromatic heterocycles. The van der Waals surface area contributed by atoms with Gasteiger partial charge in [0.1, 0.15) is 11.5 Å². The number of benzene rings is 1. The van der Waals surface area contributed by atoms with E-state index >= 15 is 0 Å². The zero-order valence-electron chi connectivity index (χ0n) is 8.84. The van der Waals surface area contributed by atoms with E-state index in [1.807, 2.05) is 23.8 Å². The number of phenolic OH excluding ortho intramolecular Hbond substituents is 2. The second-order valence-corrected chi connectivity index (χ2v) is 4.37. The van der Waals surface area contributed by atoms with Gasteiger partial charge >= 0.3 is 0 Å². The third-order valence-corrected chi connectivity index (χ3v) is 3.08. The summed E-state index contributed by atoms with van der Waals surface area (Å²) in [5.41, 5.74) is 1.51. The Kier molecular flexibility index (Phi) is 3.01. The molecule has 16 heavy (non-hydrogen) atoms. The zero-order chi connectivity index (χ0) is 11.5. The Balaban J connectivity index is 2.24. The predicted molar refractivity (Wildman–Crippen MR) is 66.1 cm³/mol. The van der Waals surface area contributed by atoms with E-state index in [-0.39, 0.29) is 17.5 Å². The van der Waals surface area contributed by atoms with Crippen molar-refractivity contribution in [2.24, 2.45) is 0 Å². The summed E-state index contributed by atoms with van der Waals surface area (Å²) in [5, 5.41) is 26.5. The van der Waals surface area contributed by atoms with E-state index in [1.165, 1.54) is 0 Å². The lowest BCUT2D eigenvalue weighted by Gasteiger charge is -2.16. The van der Waals surface area contributed by atoms with Gasteiger partial charge < -0.3 is 15.5 Å². The van der Waals surface area contributed by atoms with Crippen molar-refractivity contribution in [1.29, 1.82) is 0 Å². The summed E-state index contributed by atoms with van der Waals surface area (Å²) in [6.07, 6.45) is 0. The molecule has 1 heterocycles. The maximum Gasteiger partial charge on any atom is 0.124 e. The van der Waals surface area contributed by atoms with Crippen LogP contribution in [0.3, 0.4) is 0 Å². The number of rotatable bonds is 3. The molecule has 0 aliphatic heterocycles. The molecule has 2 rings (SSSR count). The van der Waals surface area contributed by atoms with Gasteiger partial charge in [0, 0.05) is 11.1 Å². The molecule has 84 valence electrons. The Hall–Kier alpha value is -1.68. The molecular formula is C12H13NO2S. The molecule has 1 aromatic carbocycles. The van der Waals surface area contributed by atoms with Crippen LogP contribution in [0.15, 0.2) is 35.0 Å². The predicted octanol–water partition coefficient (Wildman–Crippen LogP) is 3.33. The fourth-order valence-corrected chi connectivity index (χ4v) is 2.25. The van der Waals surface area contributed by atoms with Crippen LogP contribution in [-0.2, 0) is 0 Å². The molecule has 3 nitrogen and oxygen atoms in total. The molecule has 0 fully saturated rings. The van der Waals surface area contributed by atoms with Gasteiger partial charge in [0.25, 0.3) is 0 Å². The van der Waals surface area contributed by atoms with Crippen LogP contribution in [0.4, 0.5) is 5.69 Å². The molecular weight excluding hydrogens is 222 g/mol. The first-order chi connectivity index (χ1) is 7.68. The summed E-state index contributed by atoms with van der Waals surface area (Å²) in [7, 11) is 0. The van der Waals surface area contributed by atoms with Crippen LogP contribution in [0.5, 0.6) is 11.5 Å². The number of aromatic hydroxyl groups is 2. The molecule has 3 N–H and O–H groups in total. The molecule has 0 aliphatic rings. The lowest BCUT2D eigenvalue weighted by Crippen LogP contribution is -2.06. The Morgan fingerprint density at radius 3 is 2.44 bits per heavy atom. The van der Waals surface area contributed by atoms with E-state index in [1.54, 1.807) is 29.5 Å². The van der Waals surface area contributed by atoms with Crippen LogP contribution in [0.2, 0.25) is 0 Å². The molecule has 1 unspecified atom stereocenters. The average Bonchev–Trinajstić information content (AvgIpc) is 2.70. The van der Waals surface area contributed by atoms with Gasteiger partial charge in [0.15, 0.2) is 0 Å². The van der Waals surface area contributed by atoms with Crippen molar-refractivity contribution in [3.05, 3.63) is 40.6 Å². The smallest absolute Gasteiger partial charge is 0.124 e. The molecule has 1 atom stereocenters. The van der Waals surface area contributed by atoms with Crippen molar-refractivity contribution < 1.29 is 10.2 Å². The summed E-state index contributed by atoms with van der Waals surface area (Å²) >= 11 is 1.60. The lowest BCUT2D eigenvalue weighted by molar-refractivity contribution is 0.434. The molecule has 0 saturated heterocycles. The summed E-state index contributed by atoms with van der Waals surface area (Å²) in [6.45, 7) is 1.90. The van der Waals surface area contributed by atoms with Crippen molar-refractivity contribution in [3.8, 4) is 11.5 Å². The van der Waals surface area contributed by atoms with Crippen LogP contribution < -0.4 is 5.32 Å². The lowest BCUT2D eigenvalue weighted by atomic mass is 10.1. The fourth-order valence-electron chi connectivity index (χ4n) is 1.65. The molecule has 0 aliphatic carbocycles. The van der Waals surface area contributed by atoms with Crippen molar-refractivity contribution in [2.45, 2.75) is 13.0 Å². The van der Waals surface area contributed by atoms with E-state index in [4.69, 9.17) is 0 Å². The number of hydrogen-bond acceptors (Lipinski definition) is 4. The Morgan fingerprint density at radius 2 is 1.88 bits per heavy atom. The highest BCUT2D eigenvalue weighted by atomic mass is 32.1. The molecule has 0 saturated carbocycles. The summed E-state index contributed by atoms with van der Waals surface area (Å²) < 4.78 is 0. The number of thiophene rings is 1. The van der Waals surface area contributed by atoms with Gasteiger partial charge in [0.2, 0.25) is 0 Å². The largest absolute Gasteiger partial charge is 0.507 e. The Bertz CT molecular complexity index is 448. The van der Waals surface area contributed by atoms with Gasteiger partial charge in [-0.2, -0.15) is 11.3 Å². The average molecular weight is 235 g/mol. The molecule has 4 heteroatoms. The van der Waals surface area contributed by atoms with Gasteiger partial charge in [-0.25, -0.2) is 0 Å². The topological polar surface area (TPSA) is 52.5 Å². The normalized spacial score (nSPS) is 12.3. The number of phenols is 2. The Morgan fingerprint density at radius 1 is 1.19 bits per heavy atom. The minimum absolute atomic E-state index is 0.107. The highest BCUT2D eigenvalue weighted by Gasteiger charge is 2.14. The summed E-state index contributed by atoms with van der Waals surface area (Å²) in [4.78, 5) is 0. The molecule has 2 aromatic rings. The first kappa shape index (κ1) is 10.8. The van der Waals surface area contributed by atoms with Gasteiger partial charge in [-0.1, -0.05) is 6.07 Å². The first-order valence-corrected chi connectivity index (χ1v) is 5.92. The van der Waals surface area contributed by atoms with Crippen molar-refractivity contribution in [1.82, 2.24) is 0 Å². The SMILES string of the molecule is CC(Nc1ccsc1)c1c(O)cccc1O. The van der Waals surface area contributed by atoms with Crippen LogP contribution >= 0.6 is 11.3 Å². The van der Waals surface area contributed by atoms with Gasteiger partial charge in [-0.3, -0.25) is 0 Å². The maximum atomic E-state index is 9.69. The Labute approximate surface area is 98.0 Å². The molecule has 0 radical (unpaired) electrons. The first-order valence-electron chi connectivity index (χ1n) is 4.98. The van der Waals surface area contributed by atoms with Crippen LogP contribution in [0.1, 0.15) is 18.5 Å². The van der Waals surface area contributed by atoms with E-state index in [0.29, 0.717) is 5.56 Å². The van der Waals surface area contributed by atoms with E-state index in [2.05, 4.69) is 5.32 Å². The monoisotopic (exact) mass is 235 g/mol. The second kappa shape index (κ2) is 4.45. The maximum absolute atomic E-state index is 9.69. The fraction of sp³-hybridized carbons (Fsp3) is 0.167. The van der Waals surface area contributed by atoms with Crippen LogP contribution in [-0.4, -0.2) is 10.2 Å². The van der Waals surface area contributed by atoms with Crippen LogP contribution in [0, 0.1) is 0 Å². The van der Waals surface area contributed by atoms with Crippen molar-refractivity contribution in [2.75, 3.05) is 5.32 Å². The number of nitrogens with one attached hydrogen (secondary N) is 1. The van der Waals surface area contributed by atoms with Gasteiger partial charge in [0.05, 0.1) is 11.6 Å². The van der Waals surface area contributed by atoms with E-state index in [0.717, 1.165) is 5.69 Å². The molecule has 0 spiro atoms. The quantitative estimate of drug-likeness (QED) is 0.764. The highest BCUT2D eigenvalue weighted by Crippen LogP contribution is 2.34. The number of hydrogen-bond donors (Lipinski definition) is 3. The minimum atomic E-state index is -0.143. The minimum Gasteiger partial charge on any atom is -0.507 e. The van der Waals surface area contributed by atoms with Crippen molar-refractivity contribution in [3.63, 3.8) is 0 Å². The molecule has 0 bridgehead atoms. The highest BCUT2D eigenvalue weighted by molar-refractivity contribution is 7.08. The standard InChI is InChI=1S/C12H13NO2S/c1-8(13-9-5-6-16-7-9)12-10(14)3-2-4-11(12)15/h2-8,13-15H,1H3. The molecule has 0 amide bonds. The third kappa shape index (κ3) is 2.12. The number of anilines is 1. The zero-order valence-corrected chi connectivity index (χ0v) is 9.66. The summed E-state index contributed by atoms with van der Waals surface area (Å²) in [5.74, 6) is 0.213. The third-order valence-electron chi connectivity index (χ3n) is 2.40. The van der Waals surface area contributed by atoms with E-state index in [9.17, 15) is 10.2 Å². The van der Waals surface area contributed by atoms with Gasteiger partial charge in [-0.15, -0.1) is 0 Å².